The maximum absolute atomic E-state index is 12.2. The molecule has 0 spiro atoms. The predicted octanol–water partition coefficient (Wildman–Crippen LogP) is 5.63. The van der Waals surface area contributed by atoms with Crippen molar-refractivity contribution in [2.45, 2.75) is 0 Å². The smallest absolute Gasteiger partial charge is 0.326 e. The highest BCUT2D eigenvalue weighted by Crippen LogP contribution is 2.36. The number of urea groups is 1. The van der Waals surface area contributed by atoms with E-state index in [0.717, 1.165) is 11.1 Å². The van der Waals surface area contributed by atoms with Crippen LogP contribution < -0.4 is 15.4 Å². The van der Waals surface area contributed by atoms with Crippen molar-refractivity contribution < 1.29 is 14.3 Å². The second-order valence-corrected chi connectivity index (χ2v) is 6.60. The summed E-state index contributed by atoms with van der Waals surface area (Å²) in [4.78, 5) is 24.3. The van der Waals surface area contributed by atoms with Gasteiger partial charge in [-0.1, -0.05) is 53.5 Å². The molecule has 3 aromatic carbocycles. The molecule has 5 nitrogen and oxygen atoms in total. The van der Waals surface area contributed by atoms with E-state index >= 15 is 0 Å². The van der Waals surface area contributed by atoms with Gasteiger partial charge in [-0.05, 0) is 30.3 Å². The summed E-state index contributed by atoms with van der Waals surface area (Å²) in [5.74, 6) is -0.0638. The van der Waals surface area contributed by atoms with Gasteiger partial charge in [0.25, 0.3) is 5.91 Å². The molecule has 0 radical (unpaired) electrons. The van der Waals surface area contributed by atoms with Crippen LogP contribution in [0.3, 0.4) is 0 Å². The van der Waals surface area contributed by atoms with Crippen LogP contribution in [0, 0.1) is 0 Å². The number of methoxy groups -OCH3 is 1. The molecule has 0 saturated heterocycles. The first-order chi connectivity index (χ1) is 13.5. The summed E-state index contributed by atoms with van der Waals surface area (Å²) in [5.41, 5.74) is 2.26. The summed E-state index contributed by atoms with van der Waals surface area (Å²) < 4.78 is 5.43. The minimum Gasteiger partial charge on any atom is -0.496 e. The third kappa shape index (κ3) is 4.44. The lowest BCUT2D eigenvalue weighted by Crippen LogP contribution is -2.34. The molecule has 0 fully saturated rings. The molecule has 3 aromatic rings. The van der Waals surface area contributed by atoms with Crippen molar-refractivity contribution in [1.82, 2.24) is 5.32 Å². The van der Waals surface area contributed by atoms with Crippen molar-refractivity contribution in [3.05, 3.63) is 82.3 Å². The number of rotatable bonds is 4. The van der Waals surface area contributed by atoms with Gasteiger partial charge >= 0.3 is 6.03 Å². The molecule has 142 valence electrons. The first-order valence-electron chi connectivity index (χ1n) is 8.29. The van der Waals surface area contributed by atoms with Crippen LogP contribution in [-0.4, -0.2) is 19.0 Å². The van der Waals surface area contributed by atoms with Crippen molar-refractivity contribution in [3.8, 4) is 16.9 Å². The average Bonchev–Trinajstić information content (AvgIpc) is 2.68. The minimum atomic E-state index is -0.683. The Morgan fingerprint density at radius 2 is 1.54 bits per heavy atom. The molecular formula is C21H16Cl2N2O3. The highest BCUT2D eigenvalue weighted by atomic mass is 35.5. The van der Waals surface area contributed by atoms with Crippen LogP contribution in [-0.2, 0) is 0 Å². The molecule has 7 heteroatoms. The van der Waals surface area contributed by atoms with E-state index in [-0.39, 0.29) is 10.6 Å². The van der Waals surface area contributed by atoms with Gasteiger partial charge in [0.15, 0.2) is 0 Å². The number of benzene rings is 3. The van der Waals surface area contributed by atoms with E-state index in [2.05, 4.69) is 10.6 Å². The summed E-state index contributed by atoms with van der Waals surface area (Å²) >= 11 is 12.2. The molecule has 3 amide bonds. The lowest BCUT2D eigenvalue weighted by atomic mass is 10.0. The number of amides is 3. The highest BCUT2D eigenvalue weighted by molar-refractivity contribution is 6.34. The molecule has 0 saturated carbocycles. The molecule has 0 aliphatic carbocycles. The molecule has 0 unspecified atom stereocenters. The Morgan fingerprint density at radius 3 is 2.21 bits per heavy atom. The third-order valence-electron chi connectivity index (χ3n) is 3.97. The number of anilines is 1. The van der Waals surface area contributed by atoms with E-state index in [1.54, 1.807) is 42.5 Å². The van der Waals surface area contributed by atoms with Crippen LogP contribution in [0.2, 0.25) is 10.0 Å². The maximum Gasteiger partial charge on any atom is 0.326 e. The summed E-state index contributed by atoms with van der Waals surface area (Å²) in [5, 5.41) is 5.70. The Kier molecular flexibility index (Phi) is 6.19. The highest BCUT2D eigenvalue weighted by Gasteiger charge is 2.15. The number of ether oxygens (including phenoxy) is 1. The Hall–Kier alpha value is -3.02. The summed E-state index contributed by atoms with van der Waals surface area (Å²) in [7, 11) is 1.53. The number of hydrogen-bond donors (Lipinski definition) is 2. The predicted molar refractivity (Wildman–Crippen MR) is 111 cm³/mol. The van der Waals surface area contributed by atoms with Crippen molar-refractivity contribution in [2.24, 2.45) is 0 Å². The van der Waals surface area contributed by atoms with Crippen molar-refractivity contribution >= 4 is 40.8 Å². The largest absolute Gasteiger partial charge is 0.496 e. The van der Waals surface area contributed by atoms with E-state index in [1.807, 2.05) is 18.2 Å². The third-order valence-corrected chi connectivity index (χ3v) is 4.63. The fourth-order valence-electron chi connectivity index (χ4n) is 2.65. The molecule has 0 heterocycles. The van der Waals surface area contributed by atoms with Gasteiger partial charge in [0.05, 0.1) is 17.7 Å². The van der Waals surface area contributed by atoms with Crippen LogP contribution in [0.5, 0.6) is 5.75 Å². The minimum absolute atomic E-state index is 0.214. The Bertz CT molecular complexity index is 1040. The number of halogens is 2. The van der Waals surface area contributed by atoms with Gasteiger partial charge in [0.2, 0.25) is 0 Å². The summed E-state index contributed by atoms with van der Waals surface area (Å²) in [6.45, 7) is 0. The summed E-state index contributed by atoms with van der Waals surface area (Å²) in [6.07, 6.45) is 0. The van der Waals surface area contributed by atoms with Gasteiger partial charge in [0, 0.05) is 27.9 Å². The second kappa shape index (κ2) is 8.78. The van der Waals surface area contributed by atoms with Crippen molar-refractivity contribution in [3.63, 3.8) is 0 Å². The molecule has 2 N–H and O–H groups in total. The molecule has 0 aromatic heterocycles. The zero-order chi connectivity index (χ0) is 20.1. The zero-order valence-corrected chi connectivity index (χ0v) is 16.3. The van der Waals surface area contributed by atoms with Crippen molar-refractivity contribution in [1.29, 1.82) is 0 Å². The van der Waals surface area contributed by atoms with Crippen LogP contribution in [0.4, 0.5) is 10.5 Å². The lowest BCUT2D eigenvalue weighted by Gasteiger charge is -2.13. The van der Waals surface area contributed by atoms with Crippen LogP contribution in [0.25, 0.3) is 11.1 Å². The number of nitrogens with one attached hydrogen (secondary N) is 2. The molecule has 0 bridgehead atoms. The molecule has 3 rings (SSSR count). The van der Waals surface area contributed by atoms with Gasteiger partial charge in [0.1, 0.15) is 5.75 Å². The second-order valence-electron chi connectivity index (χ2n) is 5.78. The standard InChI is InChI=1S/C21H16Cl2N2O3/c1-28-19-12-13(10-11-15(19)14-6-2-4-8-17(14)22)24-21(27)25-20(26)16-7-3-5-9-18(16)23/h2-12H,1H3,(H2,24,25,26,27). The topological polar surface area (TPSA) is 67.4 Å². The van der Waals surface area contributed by atoms with Gasteiger partial charge in [-0.2, -0.15) is 0 Å². The lowest BCUT2D eigenvalue weighted by molar-refractivity contribution is 0.0967. The van der Waals surface area contributed by atoms with Gasteiger partial charge in [-0.3, -0.25) is 10.1 Å². The Labute approximate surface area is 172 Å². The monoisotopic (exact) mass is 414 g/mol. The fourth-order valence-corrected chi connectivity index (χ4v) is 3.11. The quantitative estimate of drug-likeness (QED) is 0.580. The van der Waals surface area contributed by atoms with E-state index < -0.39 is 11.9 Å². The molecule has 0 atom stereocenters. The van der Waals surface area contributed by atoms with Gasteiger partial charge in [-0.15, -0.1) is 0 Å². The number of hydrogen-bond acceptors (Lipinski definition) is 3. The zero-order valence-electron chi connectivity index (χ0n) is 14.8. The number of carbonyl (C=O) groups excluding carboxylic acids is 2. The SMILES string of the molecule is COc1cc(NC(=O)NC(=O)c2ccccc2Cl)ccc1-c1ccccc1Cl. The maximum atomic E-state index is 12.2. The van der Waals surface area contributed by atoms with E-state index in [4.69, 9.17) is 27.9 Å². The van der Waals surface area contributed by atoms with E-state index in [0.29, 0.717) is 16.5 Å². The van der Waals surface area contributed by atoms with E-state index in [9.17, 15) is 9.59 Å². The van der Waals surface area contributed by atoms with Crippen LogP contribution >= 0.6 is 23.2 Å². The first-order valence-corrected chi connectivity index (χ1v) is 9.05. The molecule has 28 heavy (non-hydrogen) atoms. The Balaban J connectivity index is 1.76. The molecule has 0 aliphatic rings. The first kappa shape index (κ1) is 19.7. The van der Waals surface area contributed by atoms with Crippen LogP contribution in [0.1, 0.15) is 10.4 Å². The van der Waals surface area contributed by atoms with Crippen LogP contribution in [0.15, 0.2) is 66.7 Å². The Morgan fingerprint density at radius 1 is 0.857 bits per heavy atom. The molecular weight excluding hydrogens is 399 g/mol. The van der Waals surface area contributed by atoms with Gasteiger partial charge in [-0.25, -0.2) is 4.79 Å². The average molecular weight is 415 g/mol. The normalized spacial score (nSPS) is 10.2. The summed E-state index contributed by atoms with van der Waals surface area (Å²) in [6, 6.07) is 18.3. The van der Waals surface area contributed by atoms with Crippen molar-refractivity contribution in [2.75, 3.05) is 12.4 Å². The number of imide groups is 1. The fraction of sp³-hybridized carbons (Fsp3) is 0.0476. The van der Waals surface area contributed by atoms with E-state index in [1.165, 1.54) is 13.2 Å². The number of carbonyl (C=O) groups is 2. The van der Waals surface area contributed by atoms with Gasteiger partial charge < -0.3 is 10.1 Å². The molecule has 0 aliphatic heterocycles.